The first-order valence-electron chi connectivity index (χ1n) is 12.6. The van der Waals surface area contributed by atoms with Gasteiger partial charge in [-0.2, -0.15) is 0 Å². The van der Waals surface area contributed by atoms with Crippen LogP contribution in [0.3, 0.4) is 0 Å². The molecule has 0 unspecified atom stereocenters. The summed E-state index contributed by atoms with van der Waals surface area (Å²) in [7, 11) is -2.50. The standard InChI is InChI=1S/C29H40O3Si/c1-28(2,3)33(29(4,5)6)19-25(24-18-21(30)16-17-26(24)31)22-14-10-11-15-23(22)27(32-33)20-12-8-7-9-13-20/h7-9,12-14,16-17,23-25,27H,10-11,15,18-19H2,1-6H3/t23-,24-,25-,27+/m0/s1. The van der Waals surface area contributed by atoms with E-state index in [1.54, 1.807) is 0 Å². The second-order valence-corrected chi connectivity index (χ2v) is 17.6. The lowest BCUT2D eigenvalue weighted by atomic mass is 9.70. The quantitative estimate of drug-likeness (QED) is 0.339. The maximum Gasteiger partial charge on any atom is 0.204 e. The van der Waals surface area contributed by atoms with Gasteiger partial charge < -0.3 is 4.43 Å². The van der Waals surface area contributed by atoms with E-state index in [1.807, 2.05) is 0 Å². The van der Waals surface area contributed by atoms with Crippen molar-refractivity contribution in [1.29, 1.82) is 0 Å². The van der Waals surface area contributed by atoms with Crippen molar-refractivity contribution in [3.05, 3.63) is 59.7 Å². The molecule has 0 aromatic heterocycles. The minimum atomic E-state index is -2.50. The zero-order valence-electron chi connectivity index (χ0n) is 21.2. The van der Waals surface area contributed by atoms with Crippen LogP contribution in [0.4, 0.5) is 0 Å². The van der Waals surface area contributed by atoms with E-state index in [4.69, 9.17) is 4.43 Å². The molecule has 178 valence electrons. The topological polar surface area (TPSA) is 43.4 Å². The second-order valence-electron chi connectivity index (χ2n) is 12.3. The maximum absolute atomic E-state index is 13.2. The monoisotopic (exact) mass is 464 g/mol. The molecular formula is C29H40O3Si. The number of benzene rings is 1. The zero-order valence-corrected chi connectivity index (χ0v) is 22.2. The van der Waals surface area contributed by atoms with Crippen LogP contribution in [0, 0.1) is 17.8 Å². The molecule has 33 heavy (non-hydrogen) atoms. The lowest BCUT2D eigenvalue weighted by Crippen LogP contribution is -2.56. The minimum absolute atomic E-state index is 0.00203. The third-order valence-electron chi connectivity index (χ3n) is 8.41. The van der Waals surface area contributed by atoms with Crippen molar-refractivity contribution in [2.45, 2.75) is 89.5 Å². The number of hydrogen-bond donors (Lipinski definition) is 0. The molecule has 3 nitrogen and oxygen atoms in total. The Labute approximate surface area is 200 Å². The number of allylic oxidation sites excluding steroid dienone is 3. The molecule has 0 saturated carbocycles. The van der Waals surface area contributed by atoms with Crippen LogP contribution in [-0.2, 0) is 14.0 Å². The van der Waals surface area contributed by atoms with Crippen LogP contribution in [0.5, 0.6) is 0 Å². The summed E-state index contributed by atoms with van der Waals surface area (Å²) in [6.45, 7) is 14.0. The Morgan fingerprint density at radius 1 is 0.879 bits per heavy atom. The molecule has 1 saturated heterocycles. The van der Waals surface area contributed by atoms with E-state index in [9.17, 15) is 9.59 Å². The van der Waals surface area contributed by atoms with Gasteiger partial charge in [0.05, 0.1) is 6.10 Å². The van der Waals surface area contributed by atoms with E-state index in [0.29, 0.717) is 6.42 Å². The smallest absolute Gasteiger partial charge is 0.204 e. The van der Waals surface area contributed by atoms with Gasteiger partial charge in [0.2, 0.25) is 8.32 Å². The average molecular weight is 465 g/mol. The summed E-state index contributed by atoms with van der Waals surface area (Å²) in [6.07, 6.45) is 9.02. The highest BCUT2D eigenvalue weighted by atomic mass is 28.4. The Balaban J connectivity index is 1.94. The molecule has 0 bridgehead atoms. The molecule has 0 N–H and O–H groups in total. The van der Waals surface area contributed by atoms with Crippen molar-refractivity contribution in [3.63, 3.8) is 0 Å². The van der Waals surface area contributed by atoms with Crippen LogP contribution in [0.1, 0.15) is 78.9 Å². The van der Waals surface area contributed by atoms with Crippen molar-refractivity contribution in [1.82, 2.24) is 0 Å². The van der Waals surface area contributed by atoms with E-state index < -0.39 is 8.32 Å². The van der Waals surface area contributed by atoms with E-state index in [2.05, 4.69) is 78.0 Å². The summed E-state index contributed by atoms with van der Waals surface area (Å²) >= 11 is 0. The lowest BCUT2D eigenvalue weighted by molar-refractivity contribution is -0.125. The van der Waals surface area contributed by atoms with Crippen LogP contribution < -0.4 is 0 Å². The molecule has 3 aliphatic rings. The Morgan fingerprint density at radius 3 is 2.18 bits per heavy atom. The number of rotatable bonds is 2. The van der Waals surface area contributed by atoms with Gasteiger partial charge >= 0.3 is 0 Å². The van der Waals surface area contributed by atoms with Crippen molar-refractivity contribution in [3.8, 4) is 0 Å². The Morgan fingerprint density at radius 2 is 1.55 bits per heavy atom. The first-order chi connectivity index (χ1) is 15.4. The average Bonchev–Trinajstić information content (AvgIpc) is 2.91. The SMILES string of the molecule is CC(C)(C)[Si]1(C(C)(C)C)C[C@H]([C@@H]2CC(=O)C=CC2=O)C2=CCCC[C@@H]2[C@@H](c2ccccc2)O1. The molecule has 1 aromatic carbocycles. The molecule has 1 aromatic rings. The molecule has 1 aliphatic heterocycles. The van der Waals surface area contributed by atoms with Gasteiger partial charge in [-0.1, -0.05) is 83.5 Å². The zero-order chi connectivity index (χ0) is 24.0. The first kappa shape index (κ1) is 24.3. The normalized spacial score (nSPS) is 30.4. The fraction of sp³-hybridized carbons (Fsp3) is 0.586. The summed E-state index contributed by atoms with van der Waals surface area (Å²) in [5.41, 5.74) is 2.63. The molecule has 0 spiro atoms. The van der Waals surface area contributed by atoms with Crippen LogP contribution in [0.2, 0.25) is 16.1 Å². The van der Waals surface area contributed by atoms with Crippen LogP contribution in [-0.4, -0.2) is 19.9 Å². The summed E-state index contributed by atoms with van der Waals surface area (Å²) in [5, 5.41) is -0.0513. The highest BCUT2D eigenvalue weighted by Gasteiger charge is 2.61. The Kier molecular flexibility index (Phi) is 6.47. The van der Waals surface area contributed by atoms with Crippen molar-refractivity contribution >= 4 is 19.9 Å². The molecule has 0 amide bonds. The molecule has 1 fully saturated rings. The number of ketones is 2. The molecule has 1 heterocycles. The predicted molar refractivity (Wildman–Crippen MR) is 136 cm³/mol. The van der Waals surface area contributed by atoms with E-state index >= 15 is 0 Å². The Hall–Kier alpha value is -1.78. The lowest BCUT2D eigenvalue weighted by Gasteiger charge is -2.53. The van der Waals surface area contributed by atoms with E-state index in [1.165, 1.54) is 23.3 Å². The van der Waals surface area contributed by atoms with Crippen LogP contribution >= 0.6 is 0 Å². The summed E-state index contributed by atoms with van der Waals surface area (Å²) in [6, 6.07) is 11.6. The number of carbonyl (C=O) groups is 2. The fourth-order valence-corrected chi connectivity index (χ4v) is 13.0. The number of carbonyl (C=O) groups excluding carboxylic acids is 2. The highest BCUT2D eigenvalue weighted by molar-refractivity contribution is 6.79. The van der Waals surface area contributed by atoms with E-state index in [0.717, 1.165) is 25.3 Å². The van der Waals surface area contributed by atoms with Crippen molar-refractivity contribution < 1.29 is 14.0 Å². The molecule has 4 heteroatoms. The van der Waals surface area contributed by atoms with Gasteiger partial charge in [0, 0.05) is 18.3 Å². The minimum Gasteiger partial charge on any atom is -0.408 e. The summed E-state index contributed by atoms with van der Waals surface area (Å²) in [4.78, 5) is 25.7. The van der Waals surface area contributed by atoms with E-state index in [-0.39, 0.29) is 45.5 Å². The second kappa shape index (κ2) is 8.78. The largest absolute Gasteiger partial charge is 0.408 e. The third-order valence-corrected chi connectivity index (χ3v) is 14.9. The van der Waals surface area contributed by atoms with Crippen LogP contribution in [0.25, 0.3) is 0 Å². The van der Waals surface area contributed by atoms with Gasteiger partial charge in [-0.25, -0.2) is 0 Å². The molecular weight excluding hydrogens is 424 g/mol. The molecule has 4 atom stereocenters. The van der Waals surface area contributed by atoms with Gasteiger partial charge in [-0.3, -0.25) is 9.59 Å². The Bertz CT molecular complexity index is 947. The van der Waals surface area contributed by atoms with Crippen molar-refractivity contribution in [2.75, 3.05) is 0 Å². The third kappa shape index (κ3) is 4.37. The molecule has 4 rings (SSSR count). The summed E-state index contributed by atoms with van der Waals surface area (Å²) in [5.74, 6) is 0.281. The molecule has 0 radical (unpaired) electrons. The van der Waals surface area contributed by atoms with Crippen LogP contribution in [0.15, 0.2) is 54.1 Å². The van der Waals surface area contributed by atoms with Gasteiger partial charge in [0.1, 0.15) is 0 Å². The first-order valence-corrected chi connectivity index (χ1v) is 14.7. The van der Waals surface area contributed by atoms with Gasteiger partial charge in [0.25, 0.3) is 0 Å². The van der Waals surface area contributed by atoms with Gasteiger partial charge in [-0.05, 0) is 59.0 Å². The van der Waals surface area contributed by atoms with Crippen molar-refractivity contribution in [2.24, 2.45) is 17.8 Å². The summed E-state index contributed by atoms with van der Waals surface area (Å²) < 4.78 is 7.55. The highest BCUT2D eigenvalue weighted by Crippen LogP contribution is 2.62. The number of fused-ring (bicyclic) bond motifs is 1. The number of hydrogen-bond acceptors (Lipinski definition) is 3. The molecule has 2 aliphatic carbocycles. The van der Waals surface area contributed by atoms with Gasteiger partial charge in [0.15, 0.2) is 11.6 Å². The fourth-order valence-electron chi connectivity index (χ4n) is 6.88. The maximum atomic E-state index is 13.2. The van der Waals surface area contributed by atoms with Gasteiger partial charge in [-0.15, -0.1) is 0 Å². The predicted octanol–water partition coefficient (Wildman–Crippen LogP) is 7.36.